The fourth-order valence-electron chi connectivity index (χ4n) is 1.84. The van der Waals surface area contributed by atoms with Gasteiger partial charge in [0.2, 0.25) is 5.91 Å². The molecule has 0 aliphatic rings. The van der Waals surface area contributed by atoms with Crippen LogP contribution in [0.3, 0.4) is 0 Å². The Bertz CT molecular complexity index is 581. The smallest absolute Gasteiger partial charge is 0.239 e. The van der Waals surface area contributed by atoms with Crippen LogP contribution in [0, 0.1) is 0 Å². The van der Waals surface area contributed by atoms with Gasteiger partial charge in [-0.05, 0) is 37.6 Å². The Morgan fingerprint density at radius 2 is 2.18 bits per heavy atom. The minimum absolute atomic E-state index is 0.0929. The third kappa shape index (κ3) is 5.16. The molecule has 5 heteroatoms. The van der Waals surface area contributed by atoms with E-state index < -0.39 is 0 Å². The molecule has 0 saturated carbocycles. The van der Waals surface area contributed by atoms with Gasteiger partial charge in [-0.25, -0.2) is 0 Å². The molecule has 0 bridgehead atoms. The minimum atomic E-state index is -0.0929. The van der Waals surface area contributed by atoms with Crippen LogP contribution in [0.2, 0.25) is 0 Å². The van der Waals surface area contributed by atoms with Crippen molar-refractivity contribution < 1.29 is 13.9 Å². The van der Waals surface area contributed by atoms with Gasteiger partial charge in [-0.3, -0.25) is 4.79 Å². The van der Waals surface area contributed by atoms with E-state index in [1.54, 1.807) is 12.3 Å². The van der Waals surface area contributed by atoms with Gasteiger partial charge in [-0.15, -0.1) is 0 Å². The van der Waals surface area contributed by atoms with Gasteiger partial charge in [-0.2, -0.15) is 0 Å². The number of carbonyl (C=O) groups excluding carboxylic acids is 1. The predicted octanol–water partition coefficient (Wildman–Crippen LogP) is 3.19. The van der Waals surface area contributed by atoms with E-state index in [4.69, 9.17) is 9.15 Å². The molecule has 1 atom stereocenters. The topological polar surface area (TPSA) is 63.5 Å². The molecule has 0 aliphatic heterocycles. The molecule has 0 aliphatic carbocycles. The number of anilines is 1. The van der Waals surface area contributed by atoms with Crippen LogP contribution in [-0.4, -0.2) is 18.6 Å². The number of amides is 1. The Morgan fingerprint density at radius 1 is 1.32 bits per heavy atom. The van der Waals surface area contributed by atoms with E-state index in [9.17, 15) is 4.79 Å². The molecule has 5 nitrogen and oxygen atoms in total. The van der Waals surface area contributed by atoms with Crippen LogP contribution in [0.15, 0.2) is 47.1 Å². The highest BCUT2D eigenvalue weighted by Crippen LogP contribution is 2.19. The van der Waals surface area contributed by atoms with E-state index in [0.29, 0.717) is 6.54 Å². The molecule has 0 saturated heterocycles. The fourth-order valence-corrected chi connectivity index (χ4v) is 1.84. The summed E-state index contributed by atoms with van der Waals surface area (Å²) < 4.78 is 10.9. The highest BCUT2D eigenvalue weighted by Gasteiger charge is 2.05. The lowest BCUT2D eigenvalue weighted by Gasteiger charge is -2.14. The van der Waals surface area contributed by atoms with Crippen molar-refractivity contribution in [3.63, 3.8) is 0 Å². The van der Waals surface area contributed by atoms with E-state index in [1.165, 1.54) is 0 Å². The quantitative estimate of drug-likeness (QED) is 0.786. The second-order valence-corrected chi connectivity index (χ2v) is 5.07. The first kappa shape index (κ1) is 15.9. The second kappa shape index (κ2) is 8.12. The summed E-state index contributed by atoms with van der Waals surface area (Å²) in [6.45, 7) is 4.70. The Morgan fingerprint density at radius 3 is 2.91 bits per heavy atom. The lowest BCUT2D eigenvalue weighted by Crippen LogP contribution is -2.29. The molecule has 0 radical (unpaired) electrons. The maximum Gasteiger partial charge on any atom is 0.239 e. The van der Waals surface area contributed by atoms with Crippen molar-refractivity contribution >= 4 is 11.6 Å². The number of hydrogen-bond acceptors (Lipinski definition) is 4. The Hall–Kier alpha value is -2.43. The van der Waals surface area contributed by atoms with Crippen LogP contribution in [0.1, 0.15) is 26.0 Å². The molecular formula is C17H22N2O3. The fraction of sp³-hybridized carbons (Fsp3) is 0.353. The van der Waals surface area contributed by atoms with E-state index in [0.717, 1.165) is 23.6 Å². The summed E-state index contributed by atoms with van der Waals surface area (Å²) in [5.41, 5.74) is 0.856. The van der Waals surface area contributed by atoms with Gasteiger partial charge < -0.3 is 19.8 Å². The standard InChI is InChI=1S/C17H22N2O3/c1-3-13(2)22-15-7-4-6-14(10-15)18-12-17(20)19-11-16-8-5-9-21-16/h4-10,13,18H,3,11-12H2,1-2H3,(H,19,20). The summed E-state index contributed by atoms with van der Waals surface area (Å²) >= 11 is 0. The molecule has 118 valence electrons. The van der Waals surface area contributed by atoms with Gasteiger partial charge >= 0.3 is 0 Å². The maximum absolute atomic E-state index is 11.8. The number of rotatable bonds is 8. The number of carbonyl (C=O) groups is 1. The van der Waals surface area contributed by atoms with Crippen LogP contribution in [0.25, 0.3) is 0 Å². The average Bonchev–Trinajstić information content (AvgIpc) is 3.04. The molecule has 0 fully saturated rings. The second-order valence-electron chi connectivity index (χ2n) is 5.07. The zero-order valence-electron chi connectivity index (χ0n) is 13.0. The van der Waals surface area contributed by atoms with Crippen molar-refractivity contribution in [3.05, 3.63) is 48.4 Å². The first-order valence-corrected chi connectivity index (χ1v) is 7.47. The van der Waals surface area contributed by atoms with Crippen molar-refractivity contribution in [2.45, 2.75) is 32.9 Å². The van der Waals surface area contributed by atoms with Gasteiger partial charge in [0.05, 0.1) is 25.5 Å². The van der Waals surface area contributed by atoms with Gasteiger partial charge in [0.25, 0.3) is 0 Å². The lowest BCUT2D eigenvalue weighted by molar-refractivity contribution is -0.119. The highest BCUT2D eigenvalue weighted by molar-refractivity contribution is 5.80. The maximum atomic E-state index is 11.8. The summed E-state index contributed by atoms with van der Waals surface area (Å²) in [4.78, 5) is 11.8. The van der Waals surface area contributed by atoms with Gasteiger partial charge in [-0.1, -0.05) is 13.0 Å². The molecular weight excluding hydrogens is 280 g/mol. The van der Waals surface area contributed by atoms with Crippen molar-refractivity contribution in [2.75, 3.05) is 11.9 Å². The van der Waals surface area contributed by atoms with E-state index in [-0.39, 0.29) is 18.6 Å². The average molecular weight is 302 g/mol. The van der Waals surface area contributed by atoms with Crippen molar-refractivity contribution in [2.24, 2.45) is 0 Å². The molecule has 1 unspecified atom stereocenters. The summed E-state index contributed by atoms with van der Waals surface area (Å²) in [7, 11) is 0. The van der Waals surface area contributed by atoms with Crippen molar-refractivity contribution in [1.82, 2.24) is 5.32 Å². The van der Waals surface area contributed by atoms with Crippen LogP contribution >= 0.6 is 0 Å². The van der Waals surface area contributed by atoms with E-state index in [1.807, 2.05) is 37.3 Å². The molecule has 1 aromatic carbocycles. The predicted molar refractivity (Wildman–Crippen MR) is 85.9 cm³/mol. The highest BCUT2D eigenvalue weighted by atomic mass is 16.5. The molecule has 2 rings (SSSR count). The number of ether oxygens (including phenoxy) is 1. The van der Waals surface area contributed by atoms with Gasteiger partial charge in [0.15, 0.2) is 0 Å². The number of furan rings is 1. The largest absolute Gasteiger partial charge is 0.491 e. The zero-order chi connectivity index (χ0) is 15.8. The number of hydrogen-bond donors (Lipinski definition) is 2. The molecule has 2 aromatic rings. The third-order valence-electron chi connectivity index (χ3n) is 3.24. The minimum Gasteiger partial charge on any atom is -0.491 e. The first-order chi connectivity index (χ1) is 10.7. The molecule has 0 spiro atoms. The van der Waals surface area contributed by atoms with Gasteiger partial charge in [0, 0.05) is 11.8 Å². The zero-order valence-corrected chi connectivity index (χ0v) is 13.0. The SMILES string of the molecule is CCC(C)Oc1cccc(NCC(=O)NCc2ccco2)c1. The molecule has 1 heterocycles. The molecule has 2 N–H and O–H groups in total. The van der Waals surface area contributed by atoms with Crippen LogP contribution in [0.4, 0.5) is 5.69 Å². The van der Waals surface area contributed by atoms with Crippen LogP contribution < -0.4 is 15.4 Å². The van der Waals surface area contributed by atoms with Crippen LogP contribution in [0.5, 0.6) is 5.75 Å². The molecule has 1 aromatic heterocycles. The summed E-state index contributed by atoms with van der Waals surface area (Å²) in [6.07, 6.45) is 2.71. The summed E-state index contributed by atoms with van der Waals surface area (Å²) in [5, 5.41) is 5.87. The van der Waals surface area contributed by atoms with Crippen molar-refractivity contribution in [1.29, 1.82) is 0 Å². The monoisotopic (exact) mass is 302 g/mol. The van der Waals surface area contributed by atoms with E-state index >= 15 is 0 Å². The first-order valence-electron chi connectivity index (χ1n) is 7.47. The van der Waals surface area contributed by atoms with E-state index in [2.05, 4.69) is 17.6 Å². The van der Waals surface area contributed by atoms with Crippen molar-refractivity contribution in [3.8, 4) is 5.75 Å². The summed E-state index contributed by atoms with van der Waals surface area (Å²) in [5.74, 6) is 1.44. The molecule has 1 amide bonds. The lowest BCUT2D eigenvalue weighted by atomic mass is 10.2. The van der Waals surface area contributed by atoms with Crippen LogP contribution in [-0.2, 0) is 11.3 Å². The number of nitrogens with one attached hydrogen (secondary N) is 2. The van der Waals surface area contributed by atoms with Gasteiger partial charge in [0.1, 0.15) is 11.5 Å². The Kier molecular flexibility index (Phi) is 5.89. The molecule has 22 heavy (non-hydrogen) atoms. The Balaban J connectivity index is 1.78. The Labute approximate surface area is 130 Å². The third-order valence-corrected chi connectivity index (χ3v) is 3.24. The number of benzene rings is 1. The normalized spacial score (nSPS) is 11.7. The summed E-state index contributed by atoms with van der Waals surface area (Å²) in [6, 6.07) is 11.2.